The summed E-state index contributed by atoms with van der Waals surface area (Å²) in [5.41, 5.74) is 1.32. The third kappa shape index (κ3) is 2.70. The summed E-state index contributed by atoms with van der Waals surface area (Å²) in [6, 6.07) is 0. The highest BCUT2D eigenvalue weighted by Crippen LogP contribution is 2.26. The lowest BCUT2D eigenvalue weighted by Gasteiger charge is -2.17. The van der Waals surface area contributed by atoms with E-state index >= 15 is 0 Å². The topological polar surface area (TPSA) is 0 Å². The number of rotatable bonds is 2. The molecule has 1 heteroatoms. The number of alkyl halides is 1. The third-order valence-corrected chi connectivity index (χ3v) is 2.03. The Kier molecular flexibility index (Phi) is 3.02. The van der Waals surface area contributed by atoms with Gasteiger partial charge in [-0.1, -0.05) is 41.7 Å². The van der Waals surface area contributed by atoms with Gasteiger partial charge >= 0.3 is 0 Å². The van der Waals surface area contributed by atoms with Gasteiger partial charge in [0.05, 0.1) is 0 Å². The summed E-state index contributed by atoms with van der Waals surface area (Å²) in [5, 5.41) is 0. The van der Waals surface area contributed by atoms with Crippen LogP contribution in [0.15, 0.2) is 12.2 Å². The fourth-order valence-electron chi connectivity index (χ4n) is 0.420. The lowest BCUT2D eigenvalue weighted by molar-refractivity contribution is 0.828. The van der Waals surface area contributed by atoms with Crippen LogP contribution in [0.2, 0.25) is 0 Å². The summed E-state index contributed by atoms with van der Waals surface area (Å²) in [5.74, 6) is 0. The average molecular weight is 224 g/mol. The molecule has 0 heterocycles. The van der Waals surface area contributed by atoms with Gasteiger partial charge in [0.15, 0.2) is 0 Å². The minimum absolute atomic E-state index is 0.284. The van der Waals surface area contributed by atoms with Gasteiger partial charge in [-0.2, -0.15) is 0 Å². The van der Waals surface area contributed by atoms with Gasteiger partial charge in [-0.05, 0) is 20.3 Å². The van der Waals surface area contributed by atoms with Crippen LogP contribution in [0.25, 0.3) is 0 Å². The molecule has 0 aromatic carbocycles. The second-order valence-electron chi connectivity index (χ2n) is 2.43. The summed E-state index contributed by atoms with van der Waals surface area (Å²) >= 11 is 2.40. The van der Waals surface area contributed by atoms with E-state index in [1.54, 1.807) is 0 Å². The van der Waals surface area contributed by atoms with Crippen LogP contribution >= 0.6 is 22.6 Å². The van der Waals surface area contributed by atoms with Crippen LogP contribution < -0.4 is 0 Å². The summed E-state index contributed by atoms with van der Waals surface area (Å²) in [6.07, 6.45) is 1.09. The van der Waals surface area contributed by atoms with E-state index in [2.05, 4.69) is 49.9 Å². The van der Waals surface area contributed by atoms with Crippen LogP contribution in [-0.4, -0.2) is 3.42 Å². The molecule has 0 saturated carbocycles. The molecule has 0 nitrogen and oxygen atoms in total. The van der Waals surface area contributed by atoms with E-state index in [1.165, 1.54) is 5.57 Å². The molecule has 0 rings (SSSR count). The van der Waals surface area contributed by atoms with Gasteiger partial charge in [-0.3, -0.25) is 0 Å². The van der Waals surface area contributed by atoms with Crippen LogP contribution in [-0.2, 0) is 0 Å². The first kappa shape index (κ1) is 8.47. The Hall–Kier alpha value is 0.470. The maximum Gasteiger partial charge on any atom is 0.0371 e. The van der Waals surface area contributed by atoms with Crippen molar-refractivity contribution < 1.29 is 0 Å². The molecule has 0 bridgehead atoms. The smallest absolute Gasteiger partial charge is 0.0371 e. The minimum Gasteiger partial charge on any atom is -0.0986 e. The average Bonchev–Trinajstić information content (AvgIpc) is 1.62. The first-order valence-electron chi connectivity index (χ1n) is 2.85. The Labute approximate surface area is 65.5 Å². The number of hydrogen-bond acceptors (Lipinski definition) is 0. The van der Waals surface area contributed by atoms with Crippen molar-refractivity contribution in [1.82, 2.24) is 0 Å². The molecule has 0 aliphatic carbocycles. The summed E-state index contributed by atoms with van der Waals surface area (Å²) in [6.45, 7) is 10.4. The van der Waals surface area contributed by atoms with Crippen molar-refractivity contribution in [3.63, 3.8) is 0 Å². The Morgan fingerprint density at radius 2 is 2.00 bits per heavy atom. The molecule has 0 amide bonds. The predicted molar refractivity (Wildman–Crippen MR) is 47.5 cm³/mol. The summed E-state index contributed by atoms with van der Waals surface area (Å²) in [7, 11) is 0. The van der Waals surface area contributed by atoms with Gasteiger partial charge < -0.3 is 0 Å². The Bertz CT molecular complexity index is 87.1. The van der Waals surface area contributed by atoms with E-state index in [4.69, 9.17) is 0 Å². The van der Waals surface area contributed by atoms with Crippen LogP contribution in [0.5, 0.6) is 0 Å². The molecular weight excluding hydrogens is 211 g/mol. The van der Waals surface area contributed by atoms with E-state index in [-0.39, 0.29) is 3.42 Å². The number of allylic oxidation sites excluding steroid dienone is 1. The first-order valence-corrected chi connectivity index (χ1v) is 3.93. The van der Waals surface area contributed by atoms with Gasteiger partial charge in [-0.15, -0.1) is 0 Å². The Morgan fingerprint density at radius 3 is 2.00 bits per heavy atom. The second-order valence-corrected chi connectivity index (χ2v) is 5.13. The van der Waals surface area contributed by atoms with E-state index < -0.39 is 0 Å². The standard InChI is InChI=1S/C7H13I/c1-5-6(2)7(3,4)8/h2,5H2,1,3-4H3. The molecule has 0 atom stereocenters. The molecule has 0 fully saturated rings. The van der Waals surface area contributed by atoms with Gasteiger partial charge in [0, 0.05) is 3.42 Å². The highest BCUT2D eigenvalue weighted by molar-refractivity contribution is 14.1. The highest BCUT2D eigenvalue weighted by Gasteiger charge is 2.13. The molecule has 0 aliphatic heterocycles. The molecule has 8 heavy (non-hydrogen) atoms. The lowest BCUT2D eigenvalue weighted by Crippen LogP contribution is -2.10. The van der Waals surface area contributed by atoms with Crippen molar-refractivity contribution in [2.75, 3.05) is 0 Å². The molecule has 0 aromatic heterocycles. The quantitative estimate of drug-likeness (QED) is 0.384. The zero-order valence-corrected chi connectivity index (χ0v) is 7.95. The predicted octanol–water partition coefficient (Wildman–Crippen LogP) is 3.17. The zero-order valence-electron chi connectivity index (χ0n) is 5.79. The van der Waals surface area contributed by atoms with Crippen molar-refractivity contribution in [2.24, 2.45) is 0 Å². The summed E-state index contributed by atoms with van der Waals surface area (Å²) in [4.78, 5) is 0. The van der Waals surface area contributed by atoms with E-state index in [0.29, 0.717) is 0 Å². The van der Waals surface area contributed by atoms with Crippen LogP contribution in [0, 0.1) is 0 Å². The first-order chi connectivity index (χ1) is 3.48. The monoisotopic (exact) mass is 224 g/mol. The van der Waals surface area contributed by atoms with Crippen molar-refractivity contribution in [3.8, 4) is 0 Å². The van der Waals surface area contributed by atoms with Crippen LogP contribution in [0.4, 0.5) is 0 Å². The van der Waals surface area contributed by atoms with Crippen molar-refractivity contribution in [1.29, 1.82) is 0 Å². The van der Waals surface area contributed by atoms with E-state index in [9.17, 15) is 0 Å². The molecule has 0 aromatic rings. The lowest BCUT2D eigenvalue weighted by atomic mass is 10.0. The highest BCUT2D eigenvalue weighted by atomic mass is 127. The van der Waals surface area contributed by atoms with Crippen molar-refractivity contribution in [3.05, 3.63) is 12.2 Å². The van der Waals surface area contributed by atoms with Crippen molar-refractivity contribution >= 4 is 22.6 Å². The normalized spacial score (nSPS) is 11.5. The molecule has 0 unspecified atom stereocenters. The van der Waals surface area contributed by atoms with Crippen LogP contribution in [0.1, 0.15) is 27.2 Å². The molecule has 48 valence electrons. The molecular formula is C7H13I. The number of hydrogen-bond donors (Lipinski definition) is 0. The summed E-state index contributed by atoms with van der Waals surface area (Å²) < 4.78 is 0.284. The molecule has 0 radical (unpaired) electrons. The zero-order chi connectivity index (χ0) is 6.78. The van der Waals surface area contributed by atoms with Gasteiger partial charge in [-0.25, -0.2) is 0 Å². The Morgan fingerprint density at radius 1 is 1.62 bits per heavy atom. The molecule has 0 spiro atoms. The molecule has 0 saturated heterocycles. The minimum atomic E-state index is 0.284. The van der Waals surface area contributed by atoms with E-state index in [0.717, 1.165) is 6.42 Å². The Balaban J connectivity index is 3.82. The molecule has 0 N–H and O–H groups in total. The maximum atomic E-state index is 3.94. The fraction of sp³-hybridized carbons (Fsp3) is 0.714. The number of halogens is 1. The van der Waals surface area contributed by atoms with E-state index in [1.807, 2.05) is 0 Å². The van der Waals surface area contributed by atoms with Crippen LogP contribution in [0.3, 0.4) is 0 Å². The second kappa shape index (κ2) is 2.85. The van der Waals surface area contributed by atoms with Crippen molar-refractivity contribution in [2.45, 2.75) is 30.6 Å². The van der Waals surface area contributed by atoms with Gasteiger partial charge in [0.1, 0.15) is 0 Å². The largest absolute Gasteiger partial charge is 0.0986 e. The third-order valence-electron chi connectivity index (χ3n) is 1.27. The van der Waals surface area contributed by atoms with Gasteiger partial charge in [0.2, 0.25) is 0 Å². The molecule has 0 aliphatic rings. The SMILES string of the molecule is C=C(CC)C(C)(C)I. The maximum absolute atomic E-state index is 3.94. The fourth-order valence-corrected chi connectivity index (χ4v) is 0.802. The van der Waals surface area contributed by atoms with Gasteiger partial charge in [0.25, 0.3) is 0 Å².